The SMILES string of the molecule is COC(=O)C1CC(C(=O)OC)c2c(C)c(O)cc(C)c21. The predicted octanol–water partition coefficient (Wildman–Crippen LogP) is 1.93. The highest BCUT2D eigenvalue weighted by molar-refractivity contribution is 5.88. The van der Waals surface area contributed by atoms with Crippen LogP contribution in [0.5, 0.6) is 5.75 Å². The van der Waals surface area contributed by atoms with Gasteiger partial charge in [-0.05, 0) is 48.6 Å². The Balaban J connectivity index is 2.65. The number of aryl methyl sites for hydroxylation is 1. The molecule has 20 heavy (non-hydrogen) atoms. The standard InChI is InChI=1S/C15H18O5/c1-7-5-11(16)8(2)13-10(15(18)20-4)6-9(12(7)13)14(17)19-3/h5,9-10,16H,6H2,1-4H3. The molecule has 2 rings (SSSR count). The Labute approximate surface area is 117 Å². The van der Waals surface area contributed by atoms with E-state index in [9.17, 15) is 14.7 Å². The average Bonchev–Trinajstić information content (AvgIpc) is 2.84. The van der Waals surface area contributed by atoms with E-state index in [2.05, 4.69) is 0 Å². The van der Waals surface area contributed by atoms with E-state index in [1.54, 1.807) is 13.0 Å². The smallest absolute Gasteiger partial charge is 0.313 e. The van der Waals surface area contributed by atoms with E-state index in [1.807, 2.05) is 6.92 Å². The molecule has 1 aromatic rings. The Bertz CT molecular complexity index is 576. The summed E-state index contributed by atoms with van der Waals surface area (Å²) < 4.78 is 9.64. The molecular formula is C15H18O5. The molecule has 108 valence electrons. The van der Waals surface area contributed by atoms with Gasteiger partial charge < -0.3 is 14.6 Å². The number of hydrogen-bond acceptors (Lipinski definition) is 5. The van der Waals surface area contributed by atoms with Crippen LogP contribution >= 0.6 is 0 Å². The lowest BCUT2D eigenvalue weighted by Crippen LogP contribution is -2.15. The molecule has 0 amide bonds. The van der Waals surface area contributed by atoms with Crippen molar-refractivity contribution in [3.8, 4) is 5.75 Å². The van der Waals surface area contributed by atoms with Gasteiger partial charge in [0.05, 0.1) is 26.1 Å². The number of ether oxygens (including phenoxy) is 2. The van der Waals surface area contributed by atoms with Crippen molar-refractivity contribution >= 4 is 11.9 Å². The van der Waals surface area contributed by atoms with Gasteiger partial charge in [-0.2, -0.15) is 0 Å². The van der Waals surface area contributed by atoms with Crippen LogP contribution in [0.2, 0.25) is 0 Å². The minimum absolute atomic E-state index is 0.126. The molecule has 5 heteroatoms. The third-order valence-corrected chi connectivity index (χ3v) is 4.00. The predicted molar refractivity (Wildman–Crippen MR) is 71.7 cm³/mol. The van der Waals surface area contributed by atoms with Crippen LogP contribution in [0.3, 0.4) is 0 Å². The van der Waals surface area contributed by atoms with Crippen LogP contribution in [0.1, 0.15) is 40.5 Å². The van der Waals surface area contributed by atoms with Gasteiger partial charge in [-0.1, -0.05) is 0 Å². The van der Waals surface area contributed by atoms with E-state index in [1.165, 1.54) is 14.2 Å². The number of aromatic hydroxyl groups is 1. The Kier molecular flexibility index (Phi) is 3.70. The summed E-state index contributed by atoms with van der Waals surface area (Å²) >= 11 is 0. The molecule has 0 saturated heterocycles. The number of rotatable bonds is 2. The first-order chi connectivity index (χ1) is 9.42. The Morgan fingerprint density at radius 2 is 1.60 bits per heavy atom. The molecule has 0 fully saturated rings. The maximum atomic E-state index is 12.0. The van der Waals surface area contributed by atoms with Crippen molar-refractivity contribution in [1.29, 1.82) is 0 Å². The summed E-state index contributed by atoms with van der Waals surface area (Å²) in [4.78, 5) is 23.9. The number of methoxy groups -OCH3 is 2. The summed E-state index contributed by atoms with van der Waals surface area (Å²) in [5.41, 5.74) is 2.88. The van der Waals surface area contributed by atoms with E-state index < -0.39 is 17.8 Å². The van der Waals surface area contributed by atoms with Gasteiger partial charge in [0.2, 0.25) is 0 Å². The lowest BCUT2D eigenvalue weighted by Gasteiger charge is -2.15. The molecule has 1 N–H and O–H groups in total. The second kappa shape index (κ2) is 5.15. The van der Waals surface area contributed by atoms with Crippen molar-refractivity contribution in [3.63, 3.8) is 0 Å². The van der Waals surface area contributed by atoms with Crippen molar-refractivity contribution < 1.29 is 24.2 Å². The van der Waals surface area contributed by atoms with E-state index in [0.29, 0.717) is 17.5 Å². The van der Waals surface area contributed by atoms with Gasteiger partial charge in [-0.25, -0.2) is 0 Å². The quantitative estimate of drug-likeness (QED) is 0.837. The number of hydrogen-bond donors (Lipinski definition) is 1. The highest BCUT2D eigenvalue weighted by Crippen LogP contribution is 2.48. The summed E-state index contributed by atoms with van der Waals surface area (Å²) in [7, 11) is 2.65. The van der Waals surface area contributed by atoms with Crippen molar-refractivity contribution in [1.82, 2.24) is 0 Å². The zero-order valence-electron chi connectivity index (χ0n) is 12.0. The lowest BCUT2D eigenvalue weighted by molar-refractivity contribution is -0.144. The molecule has 1 aromatic carbocycles. The molecule has 0 radical (unpaired) electrons. The third kappa shape index (κ3) is 2.03. The third-order valence-electron chi connectivity index (χ3n) is 4.00. The first-order valence-electron chi connectivity index (χ1n) is 6.41. The van der Waals surface area contributed by atoms with Gasteiger partial charge in [-0.3, -0.25) is 9.59 Å². The molecule has 2 unspecified atom stereocenters. The molecule has 0 spiro atoms. The molecule has 0 saturated carbocycles. The molecule has 0 bridgehead atoms. The largest absolute Gasteiger partial charge is 0.508 e. The van der Waals surface area contributed by atoms with Gasteiger partial charge in [-0.15, -0.1) is 0 Å². The number of benzene rings is 1. The van der Waals surface area contributed by atoms with Crippen molar-refractivity contribution in [2.75, 3.05) is 14.2 Å². The number of carbonyl (C=O) groups excluding carboxylic acids is 2. The van der Waals surface area contributed by atoms with Crippen LogP contribution in [0.25, 0.3) is 0 Å². The van der Waals surface area contributed by atoms with Crippen LogP contribution in [-0.4, -0.2) is 31.3 Å². The molecule has 0 aliphatic heterocycles. The van der Waals surface area contributed by atoms with E-state index in [-0.39, 0.29) is 11.7 Å². The van der Waals surface area contributed by atoms with Gasteiger partial charge in [0.15, 0.2) is 0 Å². The number of esters is 2. The zero-order chi connectivity index (χ0) is 15.0. The lowest BCUT2D eigenvalue weighted by atomic mass is 9.92. The number of phenolic OH excluding ortho intramolecular Hbond substituents is 1. The van der Waals surface area contributed by atoms with Crippen LogP contribution in [0.15, 0.2) is 6.07 Å². The molecule has 1 aliphatic rings. The summed E-state index contributed by atoms with van der Waals surface area (Å²) in [6.45, 7) is 3.55. The van der Waals surface area contributed by atoms with Crippen molar-refractivity contribution in [2.45, 2.75) is 32.1 Å². The minimum atomic E-state index is -0.537. The first kappa shape index (κ1) is 14.4. The normalized spacial score (nSPS) is 20.4. The van der Waals surface area contributed by atoms with Gasteiger partial charge in [0.1, 0.15) is 5.75 Å². The van der Waals surface area contributed by atoms with Crippen LogP contribution in [0.4, 0.5) is 0 Å². The maximum absolute atomic E-state index is 12.0. The number of fused-ring (bicyclic) bond motifs is 1. The molecule has 1 aliphatic carbocycles. The molecule has 2 atom stereocenters. The summed E-state index contributed by atoms with van der Waals surface area (Å²) in [6, 6.07) is 1.61. The fraction of sp³-hybridized carbons (Fsp3) is 0.467. The Hall–Kier alpha value is -2.04. The topological polar surface area (TPSA) is 72.8 Å². The summed E-state index contributed by atoms with van der Waals surface area (Å²) in [5, 5.41) is 9.95. The highest BCUT2D eigenvalue weighted by atomic mass is 16.5. The summed E-state index contributed by atoms with van der Waals surface area (Å²) in [6.07, 6.45) is 0.319. The van der Waals surface area contributed by atoms with Gasteiger partial charge >= 0.3 is 11.9 Å². The fourth-order valence-electron chi connectivity index (χ4n) is 3.04. The summed E-state index contributed by atoms with van der Waals surface area (Å²) in [5.74, 6) is -1.67. The zero-order valence-corrected chi connectivity index (χ0v) is 12.0. The molecular weight excluding hydrogens is 260 g/mol. The average molecular weight is 278 g/mol. The Morgan fingerprint density at radius 3 is 2.10 bits per heavy atom. The van der Waals surface area contributed by atoms with Gasteiger partial charge in [0.25, 0.3) is 0 Å². The maximum Gasteiger partial charge on any atom is 0.313 e. The highest BCUT2D eigenvalue weighted by Gasteiger charge is 2.42. The fourth-order valence-corrected chi connectivity index (χ4v) is 3.04. The van der Waals surface area contributed by atoms with Crippen LogP contribution < -0.4 is 0 Å². The minimum Gasteiger partial charge on any atom is -0.508 e. The van der Waals surface area contributed by atoms with Crippen LogP contribution in [0, 0.1) is 13.8 Å². The van der Waals surface area contributed by atoms with Crippen molar-refractivity contribution in [3.05, 3.63) is 28.3 Å². The van der Waals surface area contributed by atoms with E-state index >= 15 is 0 Å². The van der Waals surface area contributed by atoms with E-state index in [4.69, 9.17) is 9.47 Å². The Morgan fingerprint density at radius 1 is 1.10 bits per heavy atom. The number of phenols is 1. The monoisotopic (exact) mass is 278 g/mol. The van der Waals surface area contributed by atoms with Crippen molar-refractivity contribution in [2.24, 2.45) is 0 Å². The second-order valence-corrected chi connectivity index (χ2v) is 5.05. The van der Waals surface area contributed by atoms with E-state index in [0.717, 1.165) is 11.1 Å². The second-order valence-electron chi connectivity index (χ2n) is 5.05. The molecule has 0 heterocycles. The molecule has 5 nitrogen and oxygen atoms in total. The first-order valence-corrected chi connectivity index (χ1v) is 6.41. The van der Waals surface area contributed by atoms with Crippen LogP contribution in [-0.2, 0) is 19.1 Å². The molecule has 0 aromatic heterocycles. The number of carbonyl (C=O) groups is 2. The van der Waals surface area contributed by atoms with Gasteiger partial charge in [0, 0.05) is 0 Å².